The first kappa shape index (κ1) is 12.3. The Morgan fingerprint density at radius 2 is 2.17 bits per heavy atom. The average Bonchev–Trinajstić information content (AvgIpc) is 2.79. The predicted molar refractivity (Wildman–Crippen MR) is 67.4 cm³/mol. The number of rotatable bonds is 4. The van der Waals surface area contributed by atoms with E-state index < -0.39 is 0 Å². The molecule has 5 heteroatoms. The maximum atomic E-state index is 11.9. The number of ketones is 1. The molecule has 2 heterocycles. The minimum absolute atomic E-state index is 0.0137. The number of pyridine rings is 1. The van der Waals surface area contributed by atoms with Crippen LogP contribution in [-0.4, -0.2) is 27.8 Å². The second kappa shape index (κ2) is 5.00. The minimum atomic E-state index is -0.273. The molecule has 1 N–H and O–H groups in total. The molecular weight excluding hydrogens is 230 g/mol. The van der Waals surface area contributed by atoms with Gasteiger partial charge in [0.25, 0.3) is 5.91 Å². The van der Waals surface area contributed by atoms with Gasteiger partial charge in [0, 0.05) is 12.1 Å². The van der Waals surface area contributed by atoms with Gasteiger partial charge in [0.2, 0.25) is 0 Å². The summed E-state index contributed by atoms with van der Waals surface area (Å²) < 4.78 is 1.62. The molecule has 5 nitrogen and oxygen atoms in total. The Bertz CT molecular complexity index is 587. The Morgan fingerprint density at radius 1 is 1.39 bits per heavy atom. The molecule has 1 amide bonds. The summed E-state index contributed by atoms with van der Waals surface area (Å²) >= 11 is 0. The quantitative estimate of drug-likeness (QED) is 0.882. The lowest BCUT2D eigenvalue weighted by Gasteiger charge is -2.05. The maximum absolute atomic E-state index is 11.9. The molecule has 0 saturated carbocycles. The summed E-state index contributed by atoms with van der Waals surface area (Å²) in [5, 5.41) is 6.69. The normalized spacial score (nSPS) is 10.8. The second-order valence-corrected chi connectivity index (χ2v) is 4.39. The third-order valence-corrected chi connectivity index (χ3v) is 2.74. The van der Waals surface area contributed by atoms with Gasteiger partial charge in [-0.3, -0.25) is 9.59 Å². The van der Waals surface area contributed by atoms with Crippen LogP contribution in [0, 0.1) is 5.92 Å². The molecule has 0 aliphatic heterocycles. The summed E-state index contributed by atoms with van der Waals surface area (Å²) in [5.74, 6) is -0.334. The van der Waals surface area contributed by atoms with Gasteiger partial charge in [-0.25, -0.2) is 4.52 Å². The fourth-order valence-corrected chi connectivity index (χ4v) is 1.58. The summed E-state index contributed by atoms with van der Waals surface area (Å²) in [7, 11) is 0. The highest BCUT2D eigenvalue weighted by Gasteiger charge is 2.14. The van der Waals surface area contributed by atoms with E-state index in [2.05, 4.69) is 10.4 Å². The van der Waals surface area contributed by atoms with Crippen LogP contribution in [0.2, 0.25) is 0 Å². The zero-order chi connectivity index (χ0) is 13.1. The fourth-order valence-electron chi connectivity index (χ4n) is 1.58. The van der Waals surface area contributed by atoms with E-state index in [1.807, 2.05) is 32.0 Å². The first-order chi connectivity index (χ1) is 8.59. The van der Waals surface area contributed by atoms with Crippen molar-refractivity contribution >= 4 is 17.2 Å². The van der Waals surface area contributed by atoms with Gasteiger partial charge in [0.05, 0.1) is 23.8 Å². The topological polar surface area (TPSA) is 63.5 Å². The van der Waals surface area contributed by atoms with E-state index in [1.165, 1.54) is 6.20 Å². The first-order valence-electron chi connectivity index (χ1n) is 5.83. The van der Waals surface area contributed by atoms with Crippen LogP contribution in [0.25, 0.3) is 5.52 Å². The van der Waals surface area contributed by atoms with Crippen LogP contribution in [0.1, 0.15) is 24.2 Å². The molecule has 0 fully saturated rings. The van der Waals surface area contributed by atoms with Crippen LogP contribution in [0.4, 0.5) is 0 Å². The van der Waals surface area contributed by atoms with E-state index in [9.17, 15) is 9.59 Å². The molecule has 2 rings (SSSR count). The van der Waals surface area contributed by atoms with Gasteiger partial charge in [-0.1, -0.05) is 19.9 Å². The monoisotopic (exact) mass is 245 g/mol. The highest BCUT2D eigenvalue weighted by atomic mass is 16.2. The standard InChI is InChI=1S/C13H15N3O2/c1-9(2)12(17)8-14-13(18)10-7-15-16-6-4-3-5-11(10)16/h3-7,9H,8H2,1-2H3,(H,14,18). The van der Waals surface area contributed by atoms with Crippen LogP contribution >= 0.6 is 0 Å². The third kappa shape index (κ3) is 2.40. The van der Waals surface area contributed by atoms with E-state index in [1.54, 1.807) is 10.7 Å². The molecule has 18 heavy (non-hydrogen) atoms. The van der Waals surface area contributed by atoms with E-state index in [0.29, 0.717) is 5.56 Å². The lowest BCUT2D eigenvalue weighted by atomic mass is 10.1. The zero-order valence-electron chi connectivity index (χ0n) is 10.4. The smallest absolute Gasteiger partial charge is 0.255 e. The molecule has 0 spiro atoms. The van der Waals surface area contributed by atoms with Crippen molar-refractivity contribution in [3.05, 3.63) is 36.2 Å². The summed E-state index contributed by atoms with van der Waals surface area (Å²) in [4.78, 5) is 23.4. The summed E-state index contributed by atoms with van der Waals surface area (Å²) in [5.41, 5.74) is 1.21. The molecule has 0 bridgehead atoms. The predicted octanol–water partition coefficient (Wildman–Crippen LogP) is 1.29. The largest absolute Gasteiger partial charge is 0.345 e. The number of amides is 1. The zero-order valence-corrected chi connectivity index (χ0v) is 10.4. The highest BCUT2D eigenvalue weighted by Crippen LogP contribution is 2.09. The van der Waals surface area contributed by atoms with Crippen molar-refractivity contribution in [2.75, 3.05) is 6.54 Å². The van der Waals surface area contributed by atoms with E-state index >= 15 is 0 Å². The van der Waals surface area contributed by atoms with Gasteiger partial charge in [-0.05, 0) is 12.1 Å². The number of carbonyl (C=O) groups excluding carboxylic acids is 2. The first-order valence-corrected chi connectivity index (χ1v) is 5.83. The average molecular weight is 245 g/mol. The van der Waals surface area contributed by atoms with Crippen LogP contribution in [0.15, 0.2) is 30.6 Å². The summed E-state index contributed by atoms with van der Waals surface area (Å²) in [6.07, 6.45) is 3.27. The molecule has 0 aromatic carbocycles. The molecule has 0 radical (unpaired) electrons. The number of fused-ring (bicyclic) bond motifs is 1. The van der Waals surface area contributed by atoms with Crippen molar-refractivity contribution in [3.63, 3.8) is 0 Å². The Kier molecular flexibility index (Phi) is 3.41. The number of nitrogens with zero attached hydrogens (tertiary/aromatic N) is 2. The van der Waals surface area contributed by atoms with Crippen molar-refractivity contribution < 1.29 is 9.59 Å². The van der Waals surface area contributed by atoms with Crippen LogP contribution < -0.4 is 5.32 Å². The molecule has 0 atom stereocenters. The van der Waals surface area contributed by atoms with Gasteiger partial charge >= 0.3 is 0 Å². The molecule has 0 aliphatic carbocycles. The molecule has 94 valence electrons. The summed E-state index contributed by atoms with van der Waals surface area (Å²) in [6.45, 7) is 3.67. The van der Waals surface area contributed by atoms with E-state index in [-0.39, 0.29) is 24.2 Å². The number of aromatic nitrogens is 2. The number of hydrogen-bond donors (Lipinski definition) is 1. The van der Waals surface area contributed by atoms with Gasteiger partial charge in [-0.15, -0.1) is 0 Å². The third-order valence-electron chi connectivity index (χ3n) is 2.74. The minimum Gasteiger partial charge on any atom is -0.345 e. The van der Waals surface area contributed by atoms with Crippen LogP contribution in [0.5, 0.6) is 0 Å². The van der Waals surface area contributed by atoms with Crippen molar-refractivity contribution in [3.8, 4) is 0 Å². The number of Topliss-reactive ketones (excluding diaryl/α,β-unsaturated/α-hetero) is 1. The summed E-state index contributed by atoms with van der Waals surface area (Å²) in [6, 6.07) is 5.49. The van der Waals surface area contributed by atoms with Gasteiger partial charge in [0.1, 0.15) is 0 Å². The Hall–Kier alpha value is -2.17. The second-order valence-electron chi connectivity index (χ2n) is 4.39. The molecule has 2 aromatic rings. The number of hydrogen-bond acceptors (Lipinski definition) is 3. The molecular formula is C13H15N3O2. The van der Waals surface area contributed by atoms with Crippen LogP contribution in [0.3, 0.4) is 0 Å². The lowest BCUT2D eigenvalue weighted by molar-refractivity contribution is -0.120. The Labute approximate surface area is 105 Å². The molecule has 0 saturated heterocycles. The SMILES string of the molecule is CC(C)C(=O)CNC(=O)c1cnn2ccccc12. The van der Waals surface area contributed by atoms with Crippen molar-refractivity contribution in [1.29, 1.82) is 0 Å². The van der Waals surface area contributed by atoms with E-state index in [4.69, 9.17) is 0 Å². The lowest BCUT2D eigenvalue weighted by Crippen LogP contribution is -2.31. The van der Waals surface area contributed by atoms with E-state index in [0.717, 1.165) is 5.52 Å². The van der Waals surface area contributed by atoms with Crippen molar-refractivity contribution in [2.45, 2.75) is 13.8 Å². The van der Waals surface area contributed by atoms with Gasteiger partial charge < -0.3 is 5.32 Å². The maximum Gasteiger partial charge on any atom is 0.255 e. The molecule has 0 aliphatic rings. The van der Waals surface area contributed by atoms with Gasteiger partial charge in [0.15, 0.2) is 5.78 Å². The highest BCUT2D eigenvalue weighted by molar-refractivity contribution is 6.02. The number of nitrogens with one attached hydrogen (secondary N) is 1. The molecule has 0 unspecified atom stereocenters. The Morgan fingerprint density at radius 3 is 2.89 bits per heavy atom. The van der Waals surface area contributed by atoms with Crippen molar-refractivity contribution in [1.82, 2.24) is 14.9 Å². The fraction of sp³-hybridized carbons (Fsp3) is 0.308. The Balaban J connectivity index is 2.12. The molecule has 2 aromatic heterocycles. The number of carbonyl (C=O) groups is 2. The van der Waals surface area contributed by atoms with Crippen LogP contribution in [-0.2, 0) is 4.79 Å². The van der Waals surface area contributed by atoms with Gasteiger partial charge in [-0.2, -0.15) is 5.10 Å². The van der Waals surface area contributed by atoms with Crippen molar-refractivity contribution in [2.24, 2.45) is 5.92 Å².